The SMILES string of the molecule is CCOC(=O)Oc1ccc(C(=O)Nc2ccc(CNC(=O)c3ccc(C)c(C)c3)cc2)cc1. The minimum atomic E-state index is -0.792. The van der Waals surface area contributed by atoms with Crippen LogP contribution in [0.2, 0.25) is 0 Å². The summed E-state index contributed by atoms with van der Waals surface area (Å²) in [6.45, 7) is 6.26. The first kappa shape index (κ1) is 23.5. The van der Waals surface area contributed by atoms with Crippen molar-refractivity contribution in [3.05, 3.63) is 94.5 Å². The van der Waals surface area contributed by atoms with Crippen molar-refractivity contribution in [2.75, 3.05) is 11.9 Å². The smallest absolute Gasteiger partial charge is 0.434 e. The summed E-state index contributed by atoms with van der Waals surface area (Å²) in [6, 6.07) is 19.0. The molecule has 3 rings (SSSR count). The molecule has 0 heterocycles. The number of hydrogen-bond donors (Lipinski definition) is 2. The maximum absolute atomic E-state index is 12.5. The summed E-state index contributed by atoms with van der Waals surface area (Å²) in [4.78, 5) is 36.2. The third kappa shape index (κ3) is 6.67. The van der Waals surface area contributed by atoms with Gasteiger partial charge in [-0.25, -0.2) is 4.79 Å². The first-order valence-corrected chi connectivity index (χ1v) is 10.6. The number of carbonyl (C=O) groups is 3. The predicted molar refractivity (Wildman–Crippen MR) is 126 cm³/mol. The van der Waals surface area contributed by atoms with E-state index in [0.717, 1.165) is 16.7 Å². The minimum absolute atomic E-state index is 0.133. The Labute approximate surface area is 192 Å². The summed E-state index contributed by atoms with van der Waals surface area (Å²) in [7, 11) is 0. The molecule has 0 aliphatic carbocycles. The molecule has 0 aromatic heterocycles. The molecule has 0 spiro atoms. The first-order chi connectivity index (χ1) is 15.9. The average Bonchev–Trinajstić information content (AvgIpc) is 2.80. The molecule has 7 heteroatoms. The van der Waals surface area contributed by atoms with Crippen molar-refractivity contribution < 1.29 is 23.9 Å². The number of benzene rings is 3. The standard InChI is InChI=1S/C26H26N2O5/c1-4-32-26(31)33-23-13-9-20(10-14-23)25(30)28-22-11-6-19(7-12-22)16-27-24(29)21-8-5-17(2)18(3)15-21/h5-15H,4,16H2,1-3H3,(H,27,29)(H,28,30). The Morgan fingerprint density at radius 2 is 1.45 bits per heavy atom. The fraction of sp³-hybridized carbons (Fsp3) is 0.192. The van der Waals surface area contributed by atoms with E-state index in [1.165, 1.54) is 12.1 Å². The van der Waals surface area contributed by atoms with Gasteiger partial charge in [-0.15, -0.1) is 0 Å². The third-order valence-corrected chi connectivity index (χ3v) is 5.01. The second kappa shape index (κ2) is 10.9. The Balaban J connectivity index is 1.52. The number of anilines is 1. The zero-order valence-electron chi connectivity index (χ0n) is 18.8. The molecule has 170 valence electrons. The Hall–Kier alpha value is -4.13. The molecule has 0 aliphatic heterocycles. The Morgan fingerprint density at radius 1 is 0.788 bits per heavy atom. The van der Waals surface area contributed by atoms with Gasteiger partial charge in [0.15, 0.2) is 0 Å². The summed E-state index contributed by atoms with van der Waals surface area (Å²) in [5, 5.41) is 5.71. The van der Waals surface area contributed by atoms with Gasteiger partial charge in [-0.3, -0.25) is 9.59 Å². The molecule has 2 N–H and O–H groups in total. The molecular weight excluding hydrogens is 420 g/mol. The van der Waals surface area contributed by atoms with Crippen LogP contribution in [0.25, 0.3) is 0 Å². The lowest BCUT2D eigenvalue weighted by Crippen LogP contribution is -2.22. The van der Waals surface area contributed by atoms with Gasteiger partial charge in [0.05, 0.1) is 6.61 Å². The van der Waals surface area contributed by atoms with Crippen LogP contribution in [0.1, 0.15) is 44.3 Å². The summed E-state index contributed by atoms with van der Waals surface area (Å²) in [5.74, 6) is -0.142. The topological polar surface area (TPSA) is 93.7 Å². The van der Waals surface area contributed by atoms with Crippen molar-refractivity contribution in [3.8, 4) is 5.75 Å². The highest BCUT2D eigenvalue weighted by Gasteiger charge is 2.10. The van der Waals surface area contributed by atoms with Crippen molar-refractivity contribution in [1.82, 2.24) is 5.32 Å². The zero-order chi connectivity index (χ0) is 23.8. The van der Waals surface area contributed by atoms with Crippen molar-refractivity contribution in [2.45, 2.75) is 27.3 Å². The average molecular weight is 447 g/mol. The van der Waals surface area contributed by atoms with E-state index >= 15 is 0 Å². The molecule has 2 amide bonds. The van der Waals surface area contributed by atoms with Crippen LogP contribution in [0.3, 0.4) is 0 Å². The first-order valence-electron chi connectivity index (χ1n) is 10.6. The van der Waals surface area contributed by atoms with E-state index in [4.69, 9.17) is 9.47 Å². The normalized spacial score (nSPS) is 10.3. The molecule has 0 aliphatic rings. The van der Waals surface area contributed by atoms with Crippen LogP contribution >= 0.6 is 0 Å². The van der Waals surface area contributed by atoms with Crippen LogP contribution in [0.15, 0.2) is 66.7 Å². The van der Waals surface area contributed by atoms with Gasteiger partial charge in [0.25, 0.3) is 11.8 Å². The molecule has 7 nitrogen and oxygen atoms in total. The van der Waals surface area contributed by atoms with Crippen LogP contribution in [0, 0.1) is 13.8 Å². The highest BCUT2D eigenvalue weighted by atomic mass is 16.7. The number of amides is 2. The van der Waals surface area contributed by atoms with Crippen LogP contribution in [-0.2, 0) is 11.3 Å². The molecular formula is C26H26N2O5. The number of carbonyl (C=O) groups excluding carboxylic acids is 3. The summed E-state index contributed by atoms with van der Waals surface area (Å²) in [5.41, 5.74) is 4.78. The van der Waals surface area contributed by atoms with Gasteiger partial charge in [0.1, 0.15) is 5.75 Å². The number of hydrogen-bond acceptors (Lipinski definition) is 5. The zero-order valence-corrected chi connectivity index (χ0v) is 18.8. The molecule has 3 aromatic carbocycles. The van der Waals surface area contributed by atoms with Crippen molar-refractivity contribution in [3.63, 3.8) is 0 Å². The second-order valence-corrected chi connectivity index (χ2v) is 7.44. The molecule has 0 saturated carbocycles. The molecule has 33 heavy (non-hydrogen) atoms. The third-order valence-electron chi connectivity index (χ3n) is 5.01. The molecule has 0 saturated heterocycles. The molecule has 0 atom stereocenters. The fourth-order valence-corrected chi connectivity index (χ4v) is 2.99. The molecule has 0 unspecified atom stereocenters. The van der Waals surface area contributed by atoms with E-state index < -0.39 is 6.16 Å². The van der Waals surface area contributed by atoms with E-state index in [9.17, 15) is 14.4 Å². The Kier molecular flexibility index (Phi) is 7.81. The predicted octanol–water partition coefficient (Wildman–Crippen LogP) is 5.02. The lowest BCUT2D eigenvalue weighted by molar-refractivity contribution is 0.0949. The van der Waals surface area contributed by atoms with E-state index in [1.54, 1.807) is 31.2 Å². The monoisotopic (exact) mass is 446 g/mol. The van der Waals surface area contributed by atoms with Gasteiger partial charge >= 0.3 is 6.16 Å². The van der Waals surface area contributed by atoms with Crippen LogP contribution in [0.4, 0.5) is 10.5 Å². The molecule has 0 bridgehead atoms. The maximum Gasteiger partial charge on any atom is 0.513 e. The highest BCUT2D eigenvalue weighted by molar-refractivity contribution is 6.04. The van der Waals surface area contributed by atoms with Gasteiger partial charge in [0, 0.05) is 23.4 Å². The van der Waals surface area contributed by atoms with Crippen LogP contribution in [-0.4, -0.2) is 24.6 Å². The van der Waals surface area contributed by atoms with Gasteiger partial charge in [0.2, 0.25) is 0 Å². The molecule has 3 aromatic rings. The number of nitrogens with one attached hydrogen (secondary N) is 2. The summed E-state index contributed by atoms with van der Waals surface area (Å²) in [6.07, 6.45) is -0.792. The van der Waals surface area contributed by atoms with Crippen molar-refractivity contribution in [1.29, 1.82) is 0 Å². The quantitative estimate of drug-likeness (QED) is 0.393. The van der Waals surface area contributed by atoms with Crippen molar-refractivity contribution in [2.24, 2.45) is 0 Å². The lowest BCUT2D eigenvalue weighted by atomic mass is 10.1. The second-order valence-electron chi connectivity index (χ2n) is 7.44. The Morgan fingerprint density at radius 3 is 2.09 bits per heavy atom. The largest absolute Gasteiger partial charge is 0.513 e. The van der Waals surface area contributed by atoms with E-state index in [2.05, 4.69) is 10.6 Å². The van der Waals surface area contributed by atoms with Gasteiger partial charge in [-0.05, 0) is 86.0 Å². The van der Waals surface area contributed by atoms with Gasteiger partial charge in [-0.2, -0.15) is 0 Å². The number of ether oxygens (including phenoxy) is 2. The highest BCUT2D eigenvalue weighted by Crippen LogP contribution is 2.16. The van der Waals surface area contributed by atoms with Crippen LogP contribution in [0.5, 0.6) is 5.75 Å². The number of aryl methyl sites for hydroxylation is 2. The van der Waals surface area contributed by atoms with E-state index in [-0.39, 0.29) is 24.2 Å². The lowest BCUT2D eigenvalue weighted by Gasteiger charge is -2.09. The van der Waals surface area contributed by atoms with E-state index in [0.29, 0.717) is 23.4 Å². The van der Waals surface area contributed by atoms with Gasteiger partial charge in [-0.1, -0.05) is 18.2 Å². The van der Waals surface area contributed by atoms with E-state index in [1.807, 2.05) is 44.2 Å². The maximum atomic E-state index is 12.5. The van der Waals surface area contributed by atoms with Crippen molar-refractivity contribution >= 4 is 23.7 Å². The Bertz CT molecular complexity index is 1140. The summed E-state index contributed by atoms with van der Waals surface area (Å²) < 4.78 is 9.69. The summed E-state index contributed by atoms with van der Waals surface area (Å²) >= 11 is 0. The van der Waals surface area contributed by atoms with Gasteiger partial charge < -0.3 is 20.1 Å². The molecule has 0 fully saturated rings. The number of rotatable bonds is 7. The fourth-order valence-electron chi connectivity index (χ4n) is 2.99. The minimum Gasteiger partial charge on any atom is -0.434 e. The van der Waals surface area contributed by atoms with Crippen LogP contribution < -0.4 is 15.4 Å². The molecule has 0 radical (unpaired) electrons.